The minimum atomic E-state index is -0.821. The Hall–Kier alpha value is -4.02. The Morgan fingerprint density at radius 3 is 2.47 bits per heavy atom. The van der Waals surface area contributed by atoms with Crippen molar-refractivity contribution >= 4 is 29.2 Å². The molecule has 0 spiro atoms. The molecule has 1 aromatic carbocycles. The molecule has 3 N–H and O–H groups in total. The number of halogens is 1. The summed E-state index contributed by atoms with van der Waals surface area (Å²) in [5, 5.41) is 6.52. The van der Waals surface area contributed by atoms with E-state index in [1.54, 1.807) is 26.8 Å². The zero-order valence-corrected chi connectivity index (χ0v) is 16.4. The number of aromatic nitrogens is 3. The van der Waals surface area contributed by atoms with Crippen LogP contribution in [0.2, 0.25) is 0 Å². The monoisotopic (exact) mass is 414 g/mol. The van der Waals surface area contributed by atoms with Crippen molar-refractivity contribution in [2.24, 2.45) is 0 Å². The fourth-order valence-electron chi connectivity index (χ4n) is 2.42. The van der Waals surface area contributed by atoms with Gasteiger partial charge in [-0.15, -0.1) is 0 Å². The SMILES string of the molecule is CC(C)(C)OC(=O)NNC(=O)c1cnn2cc(NC(=O)c3ccccc3F)cnc12. The van der Waals surface area contributed by atoms with Gasteiger partial charge in [-0.2, -0.15) is 5.10 Å². The maximum Gasteiger partial charge on any atom is 0.426 e. The van der Waals surface area contributed by atoms with Crippen LogP contribution in [0.3, 0.4) is 0 Å². The van der Waals surface area contributed by atoms with Crippen molar-refractivity contribution in [3.8, 4) is 0 Å². The van der Waals surface area contributed by atoms with Gasteiger partial charge in [-0.3, -0.25) is 15.0 Å². The Kier molecular flexibility index (Phi) is 5.63. The van der Waals surface area contributed by atoms with Gasteiger partial charge in [0.1, 0.15) is 17.0 Å². The number of nitrogens with one attached hydrogen (secondary N) is 3. The van der Waals surface area contributed by atoms with E-state index >= 15 is 0 Å². The second-order valence-corrected chi connectivity index (χ2v) is 7.18. The first kappa shape index (κ1) is 20.7. The summed E-state index contributed by atoms with van der Waals surface area (Å²) in [6, 6.07) is 5.56. The maximum absolute atomic E-state index is 13.7. The summed E-state index contributed by atoms with van der Waals surface area (Å²) in [6.45, 7) is 5.06. The highest BCUT2D eigenvalue weighted by molar-refractivity contribution is 6.04. The van der Waals surface area contributed by atoms with E-state index in [0.717, 1.165) is 0 Å². The number of anilines is 1. The number of carbonyl (C=O) groups excluding carboxylic acids is 3. The summed E-state index contributed by atoms with van der Waals surface area (Å²) >= 11 is 0. The van der Waals surface area contributed by atoms with Crippen molar-refractivity contribution in [1.82, 2.24) is 25.4 Å². The highest BCUT2D eigenvalue weighted by atomic mass is 19.1. The number of benzene rings is 1. The van der Waals surface area contributed by atoms with Crippen molar-refractivity contribution in [3.05, 3.63) is 59.8 Å². The molecule has 2 heterocycles. The van der Waals surface area contributed by atoms with Crippen LogP contribution in [0.1, 0.15) is 41.5 Å². The Bertz CT molecular complexity index is 1120. The van der Waals surface area contributed by atoms with Crippen LogP contribution in [0, 0.1) is 5.82 Å². The molecule has 0 aliphatic rings. The quantitative estimate of drug-likeness (QED) is 0.565. The number of hydrazine groups is 1. The first-order valence-corrected chi connectivity index (χ1v) is 8.82. The van der Waals surface area contributed by atoms with Crippen LogP contribution in [-0.2, 0) is 4.74 Å². The third kappa shape index (κ3) is 4.87. The fraction of sp³-hybridized carbons (Fsp3) is 0.211. The zero-order valence-electron chi connectivity index (χ0n) is 16.4. The zero-order chi connectivity index (χ0) is 21.9. The van der Waals surface area contributed by atoms with Gasteiger partial charge in [0.2, 0.25) is 0 Å². The molecule has 3 amide bonds. The summed E-state index contributed by atoms with van der Waals surface area (Å²) in [5.41, 5.74) is 4.02. The molecule has 3 rings (SSSR count). The first-order valence-electron chi connectivity index (χ1n) is 8.82. The lowest BCUT2D eigenvalue weighted by molar-refractivity contribution is 0.0483. The van der Waals surface area contributed by atoms with E-state index in [4.69, 9.17) is 4.74 Å². The van der Waals surface area contributed by atoms with Crippen LogP contribution in [0.5, 0.6) is 0 Å². The van der Waals surface area contributed by atoms with Crippen molar-refractivity contribution in [2.45, 2.75) is 26.4 Å². The average Bonchev–Trinajstić information content (AvgIpc) is 3.08. The maximum atomic E-state index is 13.7. The standard InChI is InChI=1S/C19H19FN6O4/c1-19(2,3)30-18(29)25-24-17(28)13-9-22-26-10-11(8-21-15(13)26)23-16(27)12-6-4-5-7-14(12)20/h4-10H,1-3H3,(H,23,27)(H,24,28)(H,25,29). The van der Waals surface area contributed by atoms with Gasteiger partial charge in [-0.1, -0.05) is 12.1 Å². The number of nitrogens with zero attached hydrogens (tertiary/aromatic N) is 3. The molecule has 0 radical (unpaired) electrons. The number of hydrogen-bond donors (Lipinski definition) is 3. The van der Waals surface area contributed by atoms with Gasteiger partial charge >= 0.3 is 6.09 Å². The molecule has 0 aliphatic heterocycles. The Morgan fingerprint density at radius 1 is 1.03 bits per heavy atom. The van der Waals surface area contributed by atoms with Crippen LogP contribution in [0.4, 0.5) is 14.9 Å². The molecular weight excluding hydrogens is 395 g/mol. The minimum absolute atomic E-state index is 0.0815. The normalized spacial score (nSPS) is 11.1. The van der Waals surface area contributed by atoms with Crippen LogP contribution < -0.4 is 16.2 Å². The molecular formula is C19H19FN6O4. The molecule has 0 bridgehead atoms. The van der Waals surface area contributed by atoms with E-state index in [0.29, 0.717) is 0 Å². The van der Waals surface area contributed by atoms with Crippen LogP contribution in [-0.4, -0.2) is 38.1 Å². The average molecular weight is 414 g/mol. The van der Waals surface area contributed by atoms with E-state index < -0.39 is 29.3 Å². The fourth-order valence-corrected chi connectivity index (χ4v) is 2.42. The van der Waals surface area contributed by atoms with Gasteiger partial charge < -0.3 is 10.1 Å². The van der Waals surface area contributed by atoms with E-state index in [2.05, 4.69) is 26.3 Å². The highest BCUT2D eigenvalue weighted by Crippen LogP contribution is 2.14. The molecule has 0 fully saturated rings. The molecule has 0 aliphatic carbocycles. The number of rotatable bonds is 3. The Balaban J connectivity index is 1.70. The number of carbonyl (C=O) groups is 3. The smallest absolute Gasteiger partial charge is 0.426 e. The number of fused-ring (bicyclic) bond motifs is 1. The summed E-state index contributed by atoms with van der Waals surface area (Å²) in [5.74, 6) is -1.97. The van der Waals surface area contributed by atoms with E-state index in [9.17, 15) is 18.8 Å². The van der Waals surface area contributed by atoms with Crippen molar-refractivity contribution in [3.63, 3.8) is 0 Å². The lowest BCUT2D eigenvalue weighted by Gasteiger charge is -2.19. The predicted octanol–water partition coefficient (Wildman–Crippen LogP) is 2.29. The van der Waals surface area contributed by atoms with Crippen LogP contribution >= 0.6 is 0 Å². The Labute approximate surface area is 170 Å². The summed E-state index contributed by atoms with van der Waals surface area (Å²) < 4.78 is 20.0. The number of ether oxygens (including phenoxy) is 1. The predicted molar refractivity (Wildman–Crippen MR) is 104 cm³/mol. The highest BCUT2D eigenvalue weighted by Gasteiger charge is 2.19. The third-order valence-corrected chi connectivity index (χ3v) is 3.65. The van der Waals surface area contributed by atoms with Gasteiger partial charge in [-0.25, -0.2) is 24.1 Å². The lowest BCUT2D eigenvalue weighted by Crippen LogP contribution is -2.44. The summed E-state index contributed by atoms with van der Waals surface area (Å²) in [7, 11) is 0. The largest absolute Gasteiger partial charge is 0.443 e. The van der Waals surface area contributed by atoms with E-state index in [1.807, 2.05) is 0 Å². The summed E-state index contributed by atoms with van der Waals surface area (Å²) in [6.07, 6.45) is 3.14. The molecule has 0 atom stereocenters. The number of hydrogen-bond acceptors (Lipinski definition) is 6. The molecule has 156 valence electrons. The van der Waals surface area contributed by atoms with Gasteiger partial charge in [0, 0.05) is 0 Å². The topological polar surface area (TPSA) is 127 Å². The Morgan fingerprint density at radius 2 is 1.77 bits per heavy atom. The molecule has 3 aromatic rings. The van der Waals surface area contributed by atoms with Gasteiger partial charge in [0.05, 0.1) is 29.8 Å². The lowest BCUT2D eigenvalue weighted by atomic mass is 10.2. The van der Waals surface area contributed by atoms with Crippen molar-refractivity contribution in [2.75, 3.05) is 5.32 Å². The molecule has 30 heavy (non-hydrogen) atoms. The molecule has 0 unspecified atom stereocenters. The van der Waals surface area contributed by atoms with Crippen LogP contribution in [0.15, 0.2) is 42.9 Å². The van der Waals surface area contributed by atoms with Crippen LogP contribution in [0.25, 0.3) is 5.65 Å². The van der Waals surface area contributed by atoms with Crippen molar-refractivity contribution < 1.29 is 23.5 Å². The van der Waals surface area contributed by atoms with Gasteiger partial charge in [0.15, 0.2) is 5.65 Å². The molecule has 10 nitrogen and oxygen atoms in total. The molecule has 2 aromatic heterocycles. The molecule has 11 heteroatoms. The van der Waals surface area contributed by atoms with E-state index in [-0.39, 0.29) is 22.5 Å². The van der Waals surface area contributed by atoms with Crippen molar-refractivity contribution in [1.29, 1.82) is 0 Å². The van der Waals surface area contributed by atoms with Gasteiger partial charge in [-0.05, 0) is 32.9 Å². The van der Waals surface area contributed by atoms with Gasteiger partial charge in [0.25, 0.3) is 11.8 Å². The minimum Gasteiger partial charge on any atom is -0.443 e. The number of amides is 3. The summed E-state index contributed by atoms with van der Waals surface area (Å²) in [4.78, 5) is 40.2. The third-order valence-electron chi connectivity index (χ3n) is 3.65. The molecule has 0 saturated carbocycles. The second kappa shape index (κ2) is 8.15. The second-order valence-electron chi connectivity index (χ2n) is 7.18. The van der Waals surface area contributed by atoms with E-state index in [1.165, 1.54) is 41.3 Å². The first-order chi connectivity index (χ1) is 14.1. The molecule has 0 saturated heterocycles.